The molecule has 0 unspecified atom stereocenters. The Balaban J connectivity index is 4.15. The van der Waals surface area contributed by atoms with E-state index in [2.05, 4.69) is 31.9 Å². The van der Waals surface area contributed by atoms with Gasteiger partial charge >= 0.3 is 11.9 Å². The highest BCUT2D eigenvalue weighted by Crippen LogP contribution is 2.19. The molecule has 4 nitrogen and oxygen atoms in total. The number of rotatable bonds is 7. The monoisotopic (exact) mass is 398 g/mol. The van der Waals surface area contributed by atoms with Gasteiger partial charge in [0.15, 0.2) is 0 Å². The van der Waals surface area contributed by atoms with Crippen LogP contribution >= 0.6 is 31.9 Å². The molecule has 0 bridgehead atoms. The van der Waals surface area contributed by atoms with Gasteiger partial charge in [-0.05, 0) is 5.92 Å². The maximum Gasteiger partial charge on any atom is 0.308 e. The van der Waals surface area contributed by atoms with Crippen molar-refractivity contribution in [3.8, 4) is 0 Å². The number of carbonyl (C=O) groups excluding carboxylic acids is 2. The number of hydrogen-bond acceptors (Lipinski definition) is 4. The Kier molecular flexibility index (Phi) is 9.35. The second-order valence-electron chi connectivity index (χ2n) is 4.83. The minimum absolute atomic E-state index is 0.124. The summed E-state index contributed by atoms with van der Waals surface area (Å²) < 4.78 is 11.4. The molecule has 0 aromatic carbocycles. The molecule has 0 saturated carbocycles. The molecule has 0 fully saturated rings. The molecule has 0 aliphatic rings. The molecule has 0 aliphatic heterocycles. The Morgan fingerprint density at radius 3 is 1.84 bits per heavy atom. The van der Waals surface area contributed by atoms with E-state index in [0.29, 0.717) is 15.4 Å². The average Bonchev–Trinajstić information content (AvgIpc) is 2.31. The Morgan fingerprint density at radius 2 is 1.42 bits per heavy atom. The van der Waals surface area contributed by atoms with E-state index in [1.807, 2.05) is 13.8 Å². The Hall–Kier alpha value is -0.360. The van der Waals surface area contributed by atoms with E-state index in [0.717, 1.165) is 0 Å². The van der Waals surface area contributed by atoms with Crippen LogP contribution in [0, 0.1) is 11.8 Å². The van der Waals surface area contributed by atoms with Crippen LogP contribution in [0.25, 0.3) is 0 Å². The van der Waals surface area contributed by atoms with E-state index in [1.54, 1.807) is 13.8 Å². The second kappa shape index (κ2) is 9.53. The molecule has 19 heavy (non-hydrogen) atoms. The highest BCUT2D eigenvalue weighted by atomic mass is 79.9. The standard InChI is InChI=1S/C13H20Br2O4/c1-8(2)5-12(16)18-6-10(14)11(15)7-19-13(17)9(3)4/h8-9H,5-7H2,1-4H3/b11-10+. The van der Waals surface area contributed by atoms with Gasteiger partial charge in [0.25, 0.3) is 0 Å². The van der Waals surface area contributed by atoms with Crippen LogP contribution in [0.1, 0.15) is 34.1 Å². The van der Waals surface area contributed by atoms with Gasteiger partial charge in [0.1, 0.15) is 13.2 Å². The van der Waals surface area contributed by atoms with Crippen molar-refractivity contribution in [3.05, 3.63) is 8.96 Å². The molecule has 0 N–H and O–H groups in total. The quantitative estimate of drug-likeness (QED) is 0.611. The predicted molar refractivity (Wildman–Crippen MR) is 81.1 cm³/mol. The summed E-state index contributed by atoms with van der Waals surface area (Å²) in [5.41, 5.74) is 0. The van der Waals surface area contributed by atoms with Gasteiger partial charge in [0.05, 0.1) is 5.92 Å². The fraction of sp³-hybridized carbons (Fsp3) is 0.692. The fourth-order valence-corrected chi connectivity index (χ4v) is 1.45. The van der Waals surface area contributed by atoms with E-state index in [9.17, 15) is 9.59 Å². The summed E-state index contributed by atoms with van der Waals surface area (Å²) >= 11 is 6.58. The van der Waals surface area contributed by atoms with Crippen molar-refractivity contribution in [2.24, 2.45) is 11.8 Å². The van der Waals surface area contributed by atoms with Crippen LogP contribution in [0.2, 0.25) is 0 Å². The fourth-order valence-electron chi connectivity index (χ4n) is 0.994. The first kappa shape index (κ1) is 18.6. The van der Waals surface area contributed by atoms with E-state index in [-0.39, 0.29) is 37.0 Å². The number of ether oxygens (including phenoxy) is 2. The third kappa shape index (κ3) is 9.21. The number of esters is 2. The van der Waals surface area contributed by atoms with Crippen LogP contribution in [0.15, 0.2) is 8.96 Å². The SMILES string of the molecule is CC(C)CC(=O)OC/C(Br)=C(\Br)COC(=O)C(C)C. The summed E-state index contributed by atoms with van der Waals surface area (Å²) in [6, 6.07) is 0. The zero-order chi connectivity index (χ0) is 15.0. The number of carbonyl (C=O) groups is 2. The topological polar surface area (TPSA) is 52.6 Å². The van der Waals surface area contributed by atoms with Crippen molar-refractivity contribution < 1.29 is 19.1 Å². The lowest BCUT2D eigenvalue weighted by Crippen LogP contribution is -2.13. The third-order valence-electron chi connectivity index (χ3n) is 2.04. The van der Waals surface area contributed by atoms with Gasteiger partial charge in [0, 0.05) is 15.4 Å². The van der Waals surface area contributed by atoms with Crippen molar-refractivity contribution >= 4 is 43.8 Å². The van der Waals surface area contributed by atoms with Crippen molar-refractivity contribution in [1.29, 1.82) is 0 Å². The first-order chi connectivity index (χ1) is 8.73. The minimum Gasteiger partial charge on any atom is -0.460 e. The zero-order valence-electron chi connectivity index (χ0n) is 11.7. The molecule has 0 radical (unpaired) electrons. The van der Waals surface area contributed by atoms with E-state index >= 15 is 0 Å². The smallest absolute Gasteiger partial charge is 0.308 e. The molecular weight excluding hydrogens is 380 g/mol. The Bertz CT molecular complexity index is 349. The summed E-state index contributed by atoms with van der Waals surface area (Å²) in [6.45, 7) is 7.69. The van der Waals surface area contributed by atoms with Gasteiger partial charge in [-0.3, -0.25) is 9.59 Å². The molecule has 0 aromatic rings. The van der Waals surface area contributed by atoms with Gasteiger partial charge in [-0.25, -0.2) is 0 Å². The molecule has 0 aliphatic carbocycles. The van der Waals surface area contributed by atoms with Gasteiger partial charge in [-0.2, -0.15) is 0 Å². The van der Waals surface area contributed by atoms with Crippen molar-refractivity contribution in [3.63, 3.8) is 0 Å². The maximum atomic E-state index is 11.4. The first-order valence-electron chi connectivity index (χ1n) is 6.09. The minimum atomic E-state index is -0.269. The highest BCUT2D eigenvalue weighted by molar-refractivity contribution is 9.14. The van der Waals surface area contributed by atoms with Gasteiger partial charge in [0.2, 0.25) is 0 Å². The molecule has 6 heteroatoms. The maximum absolute atomic E-state index is 11.4. The summed E-state index contributed by atoms with van der Waals surface area (Å²) in [4.78, 5) is 22.7. The third-order valence-corrected chi connectivity index (χ3v) is 3.99. The van der Waals surface area contributed by atoms with E-state index in [4.69, 9.17) is 9.47 Å². The van der Waals surface area contributed by atoms with Gasteiger partial charge < -0.3 is 9.47 Å². The summed E-state index contributed by atoms with van der Waals surface area (Å²) in [5, 5.41) is 0. The average molecular weight is 400 g/mol. The second-order valence-corrected chi connectivity index (χ2v) is 6.75. The Labute approximate surface area is 131 Å². The molecule has 0 saturated heterocycles. The molecule has 0 spiro atoms. The summed E-state index contributed by atoms with van der Waals surface area (Å²) in [6.07, 6.45) is 0.389. The van der Waals surface area contributed by atoms with Gasteiger partial charge in [-0.15, -0.1) is 0 Å². The van der Waals surface area contributed by atoms with E-state index in [1.165, 1.54) is 0 Å². The van der Waals surface area contributed by atoms with Crippen LogP contribution in [0.4, 0.5) is 0 Å². The molecule has 0 amide bonds. The zero-order valence-corrected chi connectivity index (χ0v) is 14.8. The highest BCUT2D eigenvalue weighted by Gasteiger charge is 2.12. The first-order valence-corrected chi connectivity index (χ1v) is 7.67. The molecule has 0 atom stereocenters. The Morgan fingerprint density at radius 1 is 0.947 bits per heavy atom. The number of hydrogen-bond donors (Lipinski definition) is 0. The lowest BCUT2D eigenvalue weighted by molar-refractivity contribution is -0.146. The van der Waals surface area contributed by atoms with Crippen LogP contribution in [0.5, 0.6) is 0 Å². The normalized spacial score (nSPS) is 12.4. The van der Waals surface area contributed by atoms with Crippen LogP contribution in [-0.4, -0.2) is 25.2 Å². The molecule has 0 heterocycles. The molecular formula is C13H20Br2O4. The lowest BCUT2D eigenvalue weighted by atomic mass is 10.1. The van der Waals surface area contributed by atoms with Crippen molar-refractivity contribution in [2.75, 3.05) is 13.2 Å². The van der Waals surface area contributed by atoms with Gasteiger partial charge in [-0.1, -0.05) is 59.6 Å². The van der Waals surface area contributed by atoms with Crippen LogP contribution in [-0.2, 0) is 19.1 Å². The number of halogens is 2. The molecule has 0 rings (SSSR count). The predicted octanol–water partition coefficient (Wildman–Crippen LogP) is 3.78. The van der Waals surface area contributed by atoms with Crippen LogP contribution in [0.3, 0.4) is 0 Å². The molecule has 0 aromatic heterocycles. The van der Waals surface area contributed by atoms with Crippen molar-refractivity contribution in [2.45, 2.75) is 34.1 Å². The van der Waals surface area contributed by atoms with Crippen LogP contribution < -0.4 is 0 Å². The summed E-state index contributed by atoms with van der Waals surface area (Å²) in [5.74, 6) is -0.408. The van der Waals surface area contributed by atoms with E-state index < -0.39 is 0 Å². The lowest BCUT2D eigenvalue weighted by Gasteiger charge is -2.09. The largest absolute Gasteiger partial charge is 0.460 e. The molecule has 110 valence electrons. The van der Waals surface area contributed by atoms with Crippen molar-refractivity contribution in [1.82, 2.24) is 0 Å². The summed E-state index contributed by atoms with van der Waals surface area (Å²) in [7, 11) is 0.